The van der Waals surface area contributed by atoms with Crippen molar-refractivity contribution in [2.45, 2.75) is 33.7 Å². The van der Waals surface area contributed by atoms with E-state index in [9.17, 15) is 4.21 Å². The number of nitrogens with zero attached hydrogens (tertiary/aromatic N) is 1. The Hall–Kier alpha value is -0.260. The Labute approximate surface area is 104 Å². The molecule has 1 rings (SSSR count). The summed E-state index contributed by atoms with van der Waals surface area (Å²) in [5, 5.41) is 4.48. The van der Waals surface area contributed by atoms with Crippen LogP contribution in [-0.4, -0.2) is 27.2 Å². The summed E-state index contributed by atoms with van der Waals surface area (Å²) in [5.74, 6) is 1.47. The van der Waals surface area contributed by atoms with Crippen molar-refractivity contribution in [2.75, 3.05) is 18.1 Å². The average Bonchev–Trinajstić information content (AvgIpc) is 2.57. The molecular weight excluding hydrogens is 240 g/mol. The fraction of sp³-hybridized carbons (Fsp3) is 0.727. The van der Waals surface area contributed by atoms with Gasteiger partial charge in [0, 0.05) is 39.8 Å². The predicted molar refractivity (Wildman–Crippen MR) is 71.6 cm³/mol. The lowest BCUT2D eigenvalue weighted by molar-refractivity contribution is 0.582. The van der Waals surface area contributed by atoms with E-state index in [-0.39, 0.29) is 6.04 Å². The van der Waals surface area contributed by atoms with E-state index < -0.39 is 10.8 Å². The van der Waals surface area contributed by atoms with Crippen LogP contribution in [-0.2, 0) is 10.8 Å². The van der Waals surface area contributed by atoms with Crippen LogP contribution in [0.1, 0.15) is 35.5 Å². The highest BCUT2D eigenvalue weighted by atomic mass is 32.2. The van der Waals surface area contributed by atoms with Gasteiger partial charge in [-0.05, 0) is 20.8 Å². The minimum absolute atomic E-state index is 0.249. The summed E-state index contributed by atoms with van der Waals surface area (Å²) in [6, 6.07) is 0.249. The normalized spacial score (nSPS) is 15.0. The lowest BCUT2D eigenvalue weighted by Gasteiger charge is -2.12. The number of hydrogen-bond donors (Lipinski definition) is 1. The van der Waals surface area contributed by atoms with Crippen LogP contribution in [0, 0.1) is 13.8 Å². The van der Waals surface area contributed by atoms with Crippen molar-refractivity contribution < 1.29 is 4.21 Å². The second kappa shape index (κ2) is 6.47. The van der Waals surface area contributed by atoms with Crippen molar-refractivity contribution in [1.82, 2.24) is 10.3 Å². The predicted octanol–water partition coefficient (Wildman–Crippen LogP) is 2.18. The summed E-state index contributed by atoms with van der Waals surface area (Å²) in [6.45, 7) is 8.98. The van der Waals surface area contributed by atoms with Crippen LogP contribution in [0.25, 0.3) is 0 Å². The van der Waals surface area contributed by atoms with Gasteiger partial charge in [-0.25, -0.2) is 4.98 Å². The molecule has 3 nitrogen and oxygen atoms in total. The van der Waals surface area contributed by atoms with Gasteiger partial charge in [-0.3, -0.25) is 4.21 Å². The molecule has 0 amide bonds. The molecule has 1 aromatic rings. The van der Waals surface area contributed by atoms with Gasteiger partial charge in [-0.1, -0.05) is 6.92 Å². The van der Waals surface area contributed by atoms with Gasteiger partial charge in [0.1, 0.15) is 0 Å². The number of aryl methyl sites for hydroxylation is 2. The van der Waals surface area contributed by atoms with Crippen LogP contribution in [0.3, 0.4) is 0 Å². The first kappa shape index (κ1) is 13.8. The van der Waals surface area contributed by atoms with E-state index in [0.29, 0.717) is 0 Å². The Balaban J connectivity index is 2.43. The third-order valence-electron chi connectivity index (χ3n) is 2.45. The Morgan fingerprint density at radius 3 is 2.69 bits per heavy atom. The van der Waals surface area contributed by atoms with Crippen molar-refractivity contribution >= 4 is 22.1 Å². The van der Waals surface area contributed by atoms with Gasteiger partial charge in [-0.2, -0.15) is 0 Å². The molecule has 0 radical (unpaired) electrons. The van der Waals surface area contributed by atoms with Crippen molar-refractivity contribution in [1.29, 1.82) is 0 Å². The van der Waals surface area contributed by atoms with Crippen LogP contribution >= 0.6 is 11.3 Å². The molecule has 0 aliphatic heterocycles. The molecule has 0 saturated heterocycles. The highest BCUT2D eigenvalue weighted by Crippen LogP contribution is 2.22. The highest BCUT2D eigenvalue weighted by Gasteiger charge is 2.12. The lowest BCUT2D eigenvalue weighted by Crippen LogP contribution is -2.24. The highest BCUT2D eigenvalue weighted by molar-refractivity contribution is 7.84. The van der Waals surface area contributed by atoms with Gasteiger partial charge in [0.05, 0.1) is 10.7 Å². The van der Waals surface area contributed by atoms with Crippen LogP contribution < -0.4 is 5.32 Å². The van der Waals surface area contributed by atoms with Crippen LogP contribution in [0.15, 0.2) is 0 Å². The van der Waals surface area contributed by atoms with Crippen molar-refractivity contribution in [3.8, 4) is 0 Å². The van der Waals surface area contributed by atoms with E-state index in [1.165, 1.54) is 4.88 Å². The molecule has 0 saturated carbocycles. The van der Waals surface area contributed by atoms with Crippen LogP contribution in [0.4, 0.5) is 0 Å². The molecule has 2 atom stereocenters. The van der Waals surface area contributed by atoms with E-state index in [2.05, 4.69) is 24.1 Å². The smallest absolute Gasteiger partial charge is 0.0900 e. The summed E-state index contributed by atoms with van der Waals surface area (Å²) in [5.41, 5.74) is 1.13. The zero-order valence-corrected chi connectivity index (χ0v) is 12.0. The SMILES string of the molecule is CCS(=O)CCNC(C)c1nc(C)sc1C. The Bertz CT molecular complexity index is 363. The maximum Gasteiger partial charge on any atom is 0.0900 e. The van der Waals surface area contributed by atoms with Crippen molar-refractivity contribution in [2.24, 2.45) is 0 Å². The van der Waals surface area contributed by atoms with E-state index in [4.69, 9.17) is 0 Å². The minimum Gasteiger partial charge on any atom is -0.308 e. The van der Waals surface area contributed by atoms with Gasteiger partial charge in [-0.15, -0.1) is 11.3 Å². The average molecular weight is 260 g/mol. The number of thiazole rings is 1. The van der Waals surface area contributed by atoms with Gasteiger partial charge in [0.15, 0.2) is 0 Å². The number of rotatable bonds is 6. The standard InChI is InChI=1S/C11H20N2OS2/c1-5-16(14)7-6-12-8(2)11-9(3)15-10(4)13-11/h8,12H,5-7H2,1-4H3. The molecule has 16 heavy (non-hydrogen) atoms. The topological polar surface area (TPSA) is 42.0 Å². The van der Waals surface area contributed by atoms with E-state index in [0.717, 1.165) is 28.8 Å². The molecule has 0 bridgehead atoms. The molecule has 2 unspecified atom stereocenters. The maximum atomic E-state index is 11.3. The summed E-state index contributed by atoms with van der Waals surface area (Å²) >= 11 is 1.73. The molecule has 0 aromatic carbocycles. The second-order valence-corrected chi connectivity index (χ2v) is 7.06. The monoisotopic (exact) mass is 260 g/mol. The first-order valence-electron chi connectivity index (χ1n) is 5.56. The molecule has 0 fully saturated rings. The zero-order valence-electron chi connectivity index (χ0n) is 10.4. The molecule has 0 aliphatic rings. The van der Waals surface area contributed by atoms with E-state index in [1.807, 2.05) is 13.8 Å². The fourth-order valence-corrected chi connectivity index (χ4v) is 3.13. The molecule has 1 aromatic heterocycles. The molecule has 92 valence electrons. The van der Waals surface area contributed by atoms with Gasteiger partial charge >= 0.3 is 0 Å². The third-order valence-corrected chi connectivity index (χ3v) is 4.66. The second-order valence-electron chi connectivity index (χ2n) is 3.78. The molecule has 1 heterocycles. The van der Waals surface area contributed by atoms with Crippen LogP contribution in [0.5, 0.6) is 0 Å². The van der Waals surface area contributed by atoms with Crippen molar-refractivity contribution in [3.63, 3.8) is 0 Å². The molecule has 0 aliphatic carbocycles. The number of nitrogens with one attached hydrogen (secondary N) is 1. The van der Waals surface area contributed by atoms with Crippen molar-refractivity contribution in [3.05, 3.63) is 15.6 Å². The number of aromatic nitrogens is 1. The maximum absolute atomic E-state index is 11.3. The van der Waals surface area contributed by atoms with E-state index in [1.54, 1.807) is 11.3 Å². The largest absolute Gasteiger partial charge is 0.308 e. The Kier molecular flexibility index (Phi) is 5.58. The van der Waals surface area contributed by atoms with Gasteiger partial charge in [0.25, 0.3) is 0 Å². The fourth-order valence-electron chi connectivity index (χ4n) is 1.58. The summed E-state index contributed by atoms with van der Waals surface area (Å²) < 4.78 is 11.3. The zero-order chi connectivity index (χ0) is 12.1. The van der Waals surface area contributed by atoms with Gasteiger partial charge in [0.2, 0.25) is 0 Å². The van der Waals surface area contributed by atoms with E-state index >= 15 is 0 Å². The summed E-state index contributed by atoms with van der Waals surface area (Å²) in [6.07, 6.45) is 0. The first-order chi connectivity index (χ1) is 7.54. The van der Waals surface area contributed by atoms with Crippen LogP contribution in [0.2, 0.25) is 0 Å². The summed E-state index contributed by atoms with van der Waals surface area (Å²) in [7, 11) is -0.680. The molecule has 0 spiro atoms. The lowest BCUT2D eigenvalue weighted by atomic mass is 10.2. The summed E-state index contributed by atoms with van der Waals surface area (Å²) in [4.78, 5) is 5.78. The number of hydrogen-bond acceptors (Lipinski definition) is 4. The molecule has 5 heteroatoms. The third kappa shape index (κ3) is 3.96. The molecular formula is C11H20N2OS2. The minimum atomic E-state index is -0.680. The first-order valence-corrected chi connectivity index (χ1v) is 7.87. The Morgan fingerprint density at radius 2 is 2.19 bits per heavy atom. The molecule has 1 N–H and O–H groups in total. The quantitative estimate of drug-likeness (QED) is 0.852. The van der Waals surface area contributed by atoms with Gasteiger partial charge < -0.3 is 5.32 Å². The Morgan fingerprint density at radius 1 is 1.50 bits per heavy atom.